The number of ether oxygens (including phenoxy) is 1. The maximum Gasteiger partial charge on any atom is 0.119 e. The second-order valence-electron chi connectivity index (χ2n) is 8.93. The third-order valence-corrected chi connectivity index (χ3v) is 6.57. The van der Waals surface area contributed by atoms with Gasteiger partial charge in [0.25, 0.3) is 0 Å². The fourth-order valence-electron chi connectivity index (χ4n) is 4.72. The van der Waals surface area contributed by atoms with Crippen molar-refractivity contribution in [1.82, 2.24) is 14.7 Å². The molecule has 0 bridgehead atoms. The van der Waals surface area contributed by atoms with Crippen molar-refractivity contribution in [3.8, 4) is 45.5 Å². The molecule has 5 rings (SSSR count). The van der Waals surface area contributed by atoms with Crippen molar-refractivity contribution < 1.29 is 14.9 Å². The Morgan fingerprint density at radius 2 is 1.40 bits per heavy atom. The summed E-state index contributed by atoms with van der Waals surface area (Å²) < 4.78 is 7.95. The first-order valence-corrected chi connectivity index (χ1v) is 12.3. The Hall–Kier alpha value is -3.77. The van der Waals surface area contributed by atoms with Crippen LogP contribution in [0.4, 0.5) is 0 Å². The van der Waals surface area contributed by atoms with Gasteiger partial charge in [-0.3, -0.25) is 4.90 Å². The number of phenolic OH excluding ortho intramolecular Hbond substituents is 2. The number of nitrogens with zero attached hydrogens (tertiary/aromatic N) is 3. The third-order valence-electron chi connectivity index (χ3n) is 6.57. The first-order chi connectivity index (χ1) is 17.1. The lowest BCUT2D eigenvalue weighted by Crippen LogP contribution is -2.25. The van der Waals surface area contributed by atoms with Crippen LogP contribution in [0.2, 0.25) is 0 Å². The summed E-state index contributed by atoms with van der Waals surface area (Å²) in [5, 5.41) is 24.5. The third kappa shape index (κ3) is 5.03. The zero-order valence-corrected chi connectivity index (χ0v) is 20.0. The number of hydrogen-bond acceptors (Lipinski definition) is 5. The normalized spacial score (nSPS) is 13.9. The molecule has 3 aromatic carbocycles. The molecule has 1 fully saturated rings. The van der Waals surface area contributed by atoms with E-state index >= 15 is 0 Å². The van der Waals surface area contributed by atoms with Gasteiger partial charge in [-0.15, -0.1) is 0 Å². The lowest BCUT2D eigenvalue weighted by Gasteiger charge is -2.15. The molecule has 0 atom stereocenters. The second-order valence-corrected chi connectivity index (χ2v) is 8.93. The molecule has 0 spiro atoms. The number of likely N-dealkylation sites (tertiary alicyclic amines) is 1. The van der Waals surface area contributed by atoms with E-state index in [0.717, 1.165) is 52.5 Å². The van der Waals surface area contributed by atoms with E-state index in [9.17, 15) is 10.2 Å². The van der Waals surface area contributed by atoms with E-state index in [1.807, 2.05) is 41.1 Å². The minimum atomic E-state index is 0.215. The summed E-state index contributed by atoms with van der Waals surface area (Å²) in [6.45, 7) is 6.13. The van der Waals surface area contributed by atoms with E-state index in [1.165, 1.54) is 25.9 Å². The molecule has 0 saturated carbocycles. The molecule has 2 N–H and O–H groups in total. The summed E-state index contributed by atoms with van der Waals surface area (Å²) in [6, 6.07) is 22.4. The van der Waals surface area contributed by atoms with Crippen molar-refractivity contribution in [2.45, 2.75) is 26.2 Å². The summed E-state index contributed by atoms with van der Waals surface area (Å²) in [5.41, 5.74) is 5.85. The van der Waals surface area contributed by atoms with Crippen molar-refractivity contribution in [3.05, 3.63) is 78.4 Å². The van der Waals surface area contributed by atoms with Crippen LogP contribution >= 0.6 is 0 Å². The number of aromatic hydroxyl groups is 2. The zero-order chi connectivity index (χ0) is 24.2. The molecule has 180 valence electrons. The van der Waals surface area contributed by atoms with E-state index < -0.39 is 0 Å². The van der Waals surface area contributed by atoms with Gasteiger partial charge in [-0.05, 0) is 105 Å². The predicted molar refractivity (Wildman–Crippen MR) is 138 cm³/mol. The van der Waals surface area contributed by atoms with Crippen molar-refractivity contribution in [3.63, 3.8) is 0 Å². The molecule has 0 radical (unpaired) electrons. The van der Waals surface area contributed by atoms with Crippen LogP contribution in [0.25, 0.3) is 28.2 Å². The summed E-state index contributed by atoms with van der Waals surface area (Å²) >= 11 is 0. The van der Waals surface area contributed by atoms with Crippen LogP contribution in [0.1, 0.15) is 25.3 Å². The van der Waals surface area contributed by atoms with E-state index in [4.69, 9.17) is 9.84 Å². The van der Waals surface area contributed by atoms with Gasteiger partial charge in [0.2, 0.25) is 0 Å². The van der Waals surface area contributed by atoms with E-state index in [2.05, 4.69) is 24.0 Å². The Morgan fingerprint density at radius 3 is 2.03 bits per heavy atom. The number of aromatic nitrogens is 2. The molecular formula is C29H31N3O3. The predicted octanol–water partition coefficient (Wildman–Crippen LogP) is 5.65. The van der Waals surface area contributed by atoms with Gasteiger partial charge in [-0.2, -0.15) is 5.10 Å². The minimum Gasteiger partial charge on any atom is -0.508 e. The first-order valence-electron chi connectivity index (χ1n) is 12.3. The van der Waals surface area contributed by atoms with Crippen LogP contribution in [-0.2, 0) is 6.42 Å². The van der Waals surface area contributed by atoms with Crippen LogP contribution in [0.3, 0.4) is 0 Å². The number of benzene rings is 3. The second kappa shape index (κ2) is 10.2. The van der Waals surface area contributed by atoms with Crippen LogP contribution in [0.5, 0.6) is 17.2 Å². The van der Waals surface area contributed by atoms with Crippen molar-refractivity contribution in [2.75, 3.05) is 26.2 Å². The van der Waals surface area contributed by atoms with Gasteiger partial charge >= 0.3 is 0 Å². The van der Waals surface area contributed by atoms with Gasteiger partial charge < -0.3 is 14.9 Å². The summed E-state index contributed by atoms with van der Waals surface area (Å²) in [6.07, 6.45) is 3.36. The lowest BCUT2D eigenvalue weighted by atomic mass is 9.99. The Balaban J connectivity index is 1.49. The molecule has 6 heteroatoms. The van der Waals surface area contributed by atoms with Crippen molar-refractivity contribution in [2.24, 2.45) is 0 Å². The fourth-order valence-corrected chi connectivity index (χ4v) is 4.72. The van der Waals surface area contributed by atoms with Crippen LogP contribution in [0, 0.1) is 0 Å². The Kier molecular flexibility index (Phi) is 6.73. The van der Waals surface area contributed by atoms with Crippen molar-refractivity contribution in [1.29, 1.82) is 0 Å². The largest absolute Gasteiger partial charge is 0.508 e. The molecule has 0 aliphatic carbocycles. The smallest absolute Gasteiger partial charge is 0.119 e. The molecule has 1 aliphatic heterocycles. The highest BCUT2D eigenvalue weighted by Gasteiger charge is 2.21. The zero-order valence-electron chi connectivity index (χ0n) is 20.0. The maximum atomic E-state index is 9.80. The first kappa shape index (κ1) is 23.0. The van der Waals surface area contributed by atoms with Gasteiger partial charge in [-0.25, -0.2) is 4.68 Å². The molecular weight excluding hydrogens is 438 g/mol. The van der Waals surface area contributed by atoms with Gasteiger partial charge in [0.15, 0.2) is 0 Å². The van der Waals surface area contributed by atoms with E-state index in [0.29, 0.717) is 6.61 Å². The number of hydrogen-bond donors (Lipinski definition) is 2. The summed E-state index contributed by atoms with van der Waals surface area (Å²) in [7, 11) is 0. The Labute approximate surface area is 206 Å². The number of rotatable bonds is 8. The highest BCUT2D eigenvalue weighted by Crippen LogP contribution is 2.36. The molecule has 2 heterocycles. The van der Waals surface area contributed by atoms with Crippen LogP contribution in [0.15, 0.2) is 72.8 Å². The molecule has 4 aromatic rings. The van der Waals surface area contributed by atoms with Gasteiger partial charge in [-0.1, -0.05) is 6.92 Å². The average molecular weight is 470 g/mol. The Bertz CT molecular complexity index is 1260. The lowest BCUT2D eigenvalue weighted by molar-refractivity contribution is 0.238. The summed E-state index contributed by atoms with van der Waals surface area (Å²) in [4.78, 5) is 2.45. The fraction of sp³-hybridized carbons (Fsp3) is 0.276. The van der Waals surface area contributed by atoms with Crippen LogP contribution < -0.4 is 4.74 Å². The standard InChI is InChI=1S/C29H31N3O3/c1-2-27-28(21-5-11-24(33)12-6-21)30-32(23-9-13-25(34)14-10-23)29(27)22-7-15-26(16-8-22)35-20-19-31-17-3-4-18-31/h5-16,33-34H,2-4,17-20H2,1H3. The Morgan fingerprint density at radius 1 is 0.800 bits per heavy atom. The topological polar surface area (TPSA) is 70.8 Å². The van der Waals surface area contributed by atoms with Crippen LogP contribution in [-0.4, -0.2) is 51.1 Å². The maximum absolute atomic E-state index is 9.80. The molecule has 0 amide bonds. The molecule has 6 nitrogen and oxygen atoms in total. The highest BCUT2D eigenvalue weighted by molar-refractivity contribution is 5.76. The molecule has 1 saturated heterocycles. The number of phenols is 2. The average Bonchev–Trinajstić information content (AvgIpc) is 3.53. The molecule has 1 aliphatic rings. The minimum absolute atomic E-state index is 0.215. The van der Waals surface area contributed by atoms with Gasteiger partial charge in [0, 0.05) is 23.2 Å². The van der Waals surface area contributed by atoms with E-state index in [-0.39, 0.29) is 11.5 Å². The quantitative estimate of drug-likeness (QED) is 0.349. The van der Waals surface area contributed by atoms with Gasteiger partial charge in [0.05, 0.1) is 17.1 Å². The monoisotopic (exact) mass is 469 g/mol. The van der Waals surface area contributed by atoms with Crippen molar-refractivity contribution >= 4 is 0 Å². The SMILES string of the molecule is CCc1c(-c2ccc(O)cc2)nn(-c2ccc(O)cc2)c1-c1ccc(OCCN2CCCC2)cc1. The summed E-state index contributed by atoms with van der Waals surface area (Å²) in [5.74, 6) is 1.30. The molecule has 35 heavy (non-hydrogen) atoms. The van der Waals surface area contributed by atoms with Gasteiger partial charge in [0.1, 0.15) is 23.9 Å². The molecule has 0 unspecified atom stereocenters. The highest BCUT2D eigenvalue weighted by atomic mass is 16.5. The molecule has 1 aromatic heterocycles. The van der Waals surface area contributed by atoms with E-state index in [1.54, 1.807) is 24.3 Å².